The van der Waals surface area contributed by atoms with Crippen LogP contribution < -0.4 is 51.4 Å². The van der Waals surface area contributed by atoms with Crippen molar-refractivity contribution in [2.45, 2.75) is 0 Å². The van der Waals surface area contributed by atoms with E-state index < -0.39 is 10.7 Å². The minimum atomic E-state index is -6.17. The predicted molar refractivity (Wildman–Crippen MR) is 33.7 cm³/mol. The Morgan fingerprint density at radius 2 is 0.667 bits per heavy atom. The van der Waals surface area contributed by atoms with Crippen LogP contribution in [0.5, 0.6) is 0 Å². The van der Waals surface area contributed by atoms with Crippen molar-refractivity contribution >= 4 is 0 Å². The second kappa shape index (κ2) is 5.38. The molecule has 9 heteroatoms. The fraction of sp³-hybridized carbons (Fsp3) is 0. The summed E-state index contributed by atoms with van der Waals surface area (Å²) >= 11 is 0. The van der Waals surface area contributed by atoms with Gasteiger partial charge in [-0.1, -0.05) is 0 Å². The van der Waals surface area contributed by atoms with Crippen LogP contribution in [0.1, 0.15) is 0 Å². The first-order chi connectivity index (χ1) is 5.97. The van der Waals surface area contributed by atoms with Crippen molar-refractivity contribution in [2.24, 2.45) is 0 Å². The molecule has 0 bridgehead atoms. The van der Waals surface area contributed by atoms with E-state index in [0.29, 0.717) is 0 Å². The van der Waals surface area contributed by atoms with E-state index in [1.165, 1.54) is 0 Å². The van der Waals surface area contributed by atoms with Gasteiger partial charge in [-0.05, 0) is 0 Å². The summed E-state index contributed by atoms with van der Waals surface area (Å²) in [5.41, 5.74) is 0. The van der Waals surface area contributed by atoms with E-state index in [1.807, 2.05) is 0 Å². The summed E-state index contributed by atoms with van der Waals surface area (Å²) in [6, 6.07) is 0. The minimum Gasteiger partial charge on any atom is 1.00 e. The van der Waals surface area contributed by atoms with Gasteiger partial charge < -0.3 is 0 Å². The monoisotopic (exact) mass is 365 g/mol. The summed E-state index contributed by atoms with van der Waals surface area (Å²) < 4.78 is 0. The Morgan fingerprint density at radius 3 is 0.667 bits per heavy atom. The summed E-state index contributed by atoms with van der Waals surface area (Å²) in [6.45, 7) is 0. The summed E-state index contributed by atoms with van der Waals surface area (Å²) in [7, 11) is -6.17. The zero-order chi connectivity index (χ0) is 10.7. The number of hydrogen-bond acceptors (Lipinski definition) is 6. The molecule has 0 atom stereocenters. The number of rotatable bonds is 0. The number of nitrogens with zero attached hydrogens (tertiary/aromatic N) is 6. The molecule has 0 heterocycles. The Labute approximate surface area is 148 Å². The molecule has 0 fully saturated rings. The SMILES string of the molecule is N#[C][Fe-3]([C]#N)([C]#N)([C]#N)([C]#N)[C]#N.[Cd+2].[K+]. The largest absolute Gasteiger partial charge is 2.00 e. The third-order valence-electron chi connectivity index (χ3n) is 1.19. The van der Waals surface area contributed by atoms with Gasteiger partial charge in [0, 0.05) is 0 Å². The van der Waals surface area contributed by atoms with Crippen LogP contribution in [0.2, 0.25) is 0 Å². The molecular formula is C6CdFeKN6. The van der Waals surface area contributed by atoms with Gasteiger partial charge in [-0.25, -0.2) is 0 Å². The molecule has 0 N–H and O–H groups in total. The van der Waals surface area contributed by atoms with E-state index in [0.717, 1.165) is 29.8 Å². The van der Waals surface area contributed by atoms with Gasteiger partial charge in [-0.3, -0.25) is 0 Å². The Balaban J connectivity index is -0.000000720. The zero-order valence-electron chi connectivity index (χ0n) is 7.74. The van der Waals surface area contributed by atoms with Crippen molar-refractivity contribution in [3.8, 4) is 29.8 Å². The van der Waals surface area contributed by atoms with Gasteiger partial charge in [-0.2, -0.15) is 0 Å². The normalized spacial score (nSPS) is 11.6. The van der Waals surface area contributed by atoms with Gasteiger partial charge >= 0.3 is 151 Å². The van der Waals surface area contributed by atoms with Gasteiger partial charge in [0.2, 0.25) is 0 Å². The summed E-state index contributed by atoms with van der Waals surface area (Å²) in [6.07, 6.45) is 0. The molecule has 0 aliphatic rings. The molecule has 0 aromatic carbocycles. The topological polar surface area (TPSA) is 143 Å². The van der Waals surface area contributed by atoms with Gasteiger partial charge in [-0.15, -0.1) is 0 Å². The van der Waals surface area contributed by atoms with Crippen LogP contribution in [-0.2, 0) is 38.0 Å². The standard InChI is InChI=1S/6CN.Cd.Fe.K/c6*1-2;;;/q;;;;;;+2;-3;+1. The fourth-order valence-electron chi connectivity index (χ4n) is 0.265. The smallest absolute Gasteiger partial charge is 1.00 e. The molecule has 0 aliphatic heterocycles. The van der Waals surface area contributed by atoms with Crippen LogP contribution >= 0.6 is 0 Å². The molecule has 65 valence electrons. The van der Waals surface area contributed by atoms with Crippen LogP contribution in [0.25, 0.3) is 0 Å². The van der Waals surface area contributed by atoms with E-state index in [-0.39, 0.29) is 78.7 Å². The average molecular weight is 363 g/mol. The van der Waals surface area contributed by atoms with Crippen LogP contribution in [0, 0.1) is 61.4 Å². The van der Waals surface area contributed by atoms with Crippen LogP contribution in [0.3, 0.4) is 0 Å². The molecule has 0 saturated carbocycles. The van der Waals surface area contributed by atoms with E-state index in [1.54, 1.807) is 0 Å². The first-order valence-corrected chi connectivity index (χ1v) is 5.71. The molecule has 0 aromatic heterocycles. The second-order valence-electron chi connectivity index (χ2n) is 1.80. The summed E-state index contributed by atoms with van der Waals surface area (Å²) in [5.74, 6) is 0. The molecular weight excluding hydrogens is 363 g/mol. The Kier molecular flexibility index (Phi) is 7.33. The van der Waals surface area contributed by atoms with Crippen molar-refractivity contribution in [3.63, 3.8) is 0 Å². The van der Waals surface area contributed by atoms with Crippen molar-refractivity contribution in [1.29, 1.82) is 31.6 Å². The van der Waals surface area contributed by atoms with Gasteiger partial charge in [0.05, 0.1) is 0 Å². The molecule has 0 saturated heterocycles. The number of hydrogen-bond donors (Lipinski definition) is 0. The molecule has 0 amide bonds. The Hall–Kier alpha value is 0.0179. The van der Waals surface area contributed by atoms with Gasteiger partial charge in [0.25, 0.3) is 0 Å². The summed E-state index contributed by atoms with van der Waals surface area (Å²) in [5, 5.41) is 51.5. The molecule has 0 rings (SSSR count). The third-order valence-corrected chi connectivity index (χ3v) is 4.89. The molecule has 0 aliphatic carbocycles. The molecule has 0 spiro atoms. The number of nitriles is 6. The minimum absolute atomic E-state index is 0. The first-order valence-electron chi connectivity index (χ1n) is 2.40. The van der Waals surface area contributed by atoms with E-state index >= 15 is 0 Å². The molecule has 15 heavy (non-hydrogen) atoms. The van der Waals surface area contributed by atoms with Gasteiger partial charge in [0.15, 0.2) is 0 Å². The van der Waals surface area contributed by atoms with E-state index in [9.17, 15) is 0 Å². The average Bonchev–Trinajstić information content (AvgIpc) is 2.26. The maximum atomic E-state index is 8.58. The Morgan fingerprint density at radius 1 is 0.533 bits per heavy atom. The fourth-order valence-corrected chi connectivity index (χ4v) is 1.09. The van der Waals surface area contributed by atoms with Gasteiger partial charge in [0.1, 0.15) is 0 Å². The van der Waals surface area contributed by atoms with Crippen molar-refractivity contribution in [2.75, 3.05) is 0 Å². The van der Waals surface area contributed by atoms with Crippen LogP contribution in [-0.4, -0.2) is 0 Å². The van der Waals surface area contributed by atoms with Crippen molar-refractivity contribution in [1.82, 2.24) is 0 Å². The zero-order valence-corrected chi connectivity index (χ0v) is 16.0. The van der Waals surface area contributed by atoms with Crippen LogP contribution in [0.15, 0.2) is 0 Å². The molecule has 0 unspecified atom stereocenters. The first kappa shape index (κ1) is 20.4. The predicted octanol–water partition coefficient (Wildman–Crippen LogP) is -2.90. The maximum absolute atomic E-state index is 8.58. The maximum Gasteiger partial charge on any atom is 2.00 e. The molecule has 6 nitrogen and oxygen atoms in total. The molecule has 0 radical (unpaired) electrons. The van der Waals surface area contributed by atoms with E-state index in [4.69, 9.17) is 31.6 Å². The van der Waals surface area contributed by atoms with E-state index in [2.05, 4.69) is 0 Å². The molecule has 0 aromatic rings. The van der Waals surface area contributed by atoms with Crippen LogP contribution in [0.4, 0.5) is 0 Å². The Bertz CT molecular complexity index is 397. The second-order valence-corrected chi connectivity index (χ2v) is 7.42. The van der Waals surface area contributed by atoms with Crippen molar-refractivity contribution < 1.29 is 89.4 Å². The quantitative estimate of drug-likeness (QED) is 0.422. The van der Waals surface area contributed by atoms with Crippen molar-refractivity contribution in [3.05, 3.63) is 0 Å². The summed E-state index contributed by atoms with van der Waals surface area (Å²) in [4.78, 5) is 6.19. The third kappa shape index (κ3) is 2.25.